The van der Waals surface area contributed by atoms with Crippen molar-refractivity contribution in [1.82, 2.24) is 0 Å². The molecule has 0 amide bonds. The average Bonchev–Trinajstić information content (AvgIpc) is 2.51. The van der Waals surface area contributed by atoms with Crippen LogP contribution >= 0.6 is 0 Å². The van der Waals surface area contributed by atoms with Crippen LogP contribution in [0.15, 0.2) is 24.3 Å². The molecule has 0 fully saturated rings. The number of esters is 1. The quantitative estimate of drug-likeness (QED) is 0.571. The monoisotopic (exact) mass is 303 g/mol. The number of benzene rings is 1. The van der Waals surface area contributed by atoms with E-state index in [1.807, 2.05) is 6.07 Å². The van der Waals surface area contributed by atoms with E-state index in [0.29, 0.717) is 11.3 Å². The van der Waals surface area contributed by atoms with Crippen molar-refractivity contribution in [2.24, 2.45) is 5.41 Å². The normalized spacial score (nSPS) is 13.1. The lowest BCUT2D eigenvalue weighted by Gasteiger charge is -2.20. The molecule has 0 aliphatic carbocycles. The number of nitriles is 1. The third kappa shape index (κ3) is 4.59. The average molecular weight is 303 g/mol. The summed E-state index contributed by atoms with van der Waals surface area (Å²) < 4.78 is 10.1. The van der Waals surface area contributed by atoms with Crippen LogP contribution in [-0.4, -0.2) is 25.0 Å². The van der Waals surface area contributed by atoms with E-state index in [9.17, 15) is 14.9 Å². The Morgan fingerprint density at radius 2 is 1.86 bits per heavy atom. The topological polar surface area (TPSA) is 76.4 Å². The minimum atomic E-state index is -1.31. The van der Waals surface area contributed by atoms with E-state index in [4.69, 9.17) is 9.47 Å². The second-order valence-electron chi connectivity index (χ2n) is 5.55. The molecule has 5 heteroatoms. The Labute approximate surface area is 130 Å². The minimum Gasteiger partial charge on any atom is -0.497 e. The molecule has 0 spiro atoms. The van der Waals surface area contributed by atoms with Crippen molar-refractivity contribution < 1.29 is 19.1 Å². The summed E-state index contributed by atoms with van der Waals surface area (Å²) in [5.41, 5.74) is -0.787. The highest BCUT2D eigenvalue weighted by Crippen LogP contribution is 2.26. The zero-order valence-electron chi connectivity index (χ0n) is 13.4. The zero-order valence-corrected chi connectivity index (χ0v) is 13.4. The summed E-state index contributed by atoms with van der Waals surface area (Å²) in [5.74, 6) is -0.0482. The van der Waals surface area contributed by atoms with Crippen molar-refractivity contribution in [3.8, 4) is 11.8 Å². The predicted octanol–water partition coefficient (Wildman–Crippen LogP) is 3.14. The van der Waals surface area contributed by atoms with Gasteiger partial charge in [0.2, 0.25) is 0 Å². The van der Waals surface area contributed by atoms with Gasteiger partial charge in [0.15, 0.2) is 11.2 Å². The fourth-order valence-electron chi connectivity index (χ4n) is 1.83. The molecular formula is C17H21NO4. The van der Waals surface area contributed by atoms with Gasteiger partial charge in [-0.25, -0.2) is 0 Å². The first kappa shape index (κ1) is 17.7. The maximum Gasteiger partial charge on any atom is 0.326 e. The van der Waals surface area contributed by atoms with Gasteiger partial charge >= 0.3 is 5.97 Å². The number of methoxy groups -OCH3 is 1. The van der Waals surface area contributed by atoms with Gasteiger partial charge in [-0.3, -0.25) is 9.59 Å². The van der Waals surface area contributed by atoms with E-state index in [-0.39, 0.29) is 24.7 Å². The Morgan fingerprint density at radius 3 is 2.32 bits per heavy atom. The first-order chi connectivity index (χ1) is 10.3. The summed E-state index contributed by atoms with van der Waals surface area (Å²) in [7, 11) is 1.55. The largest absolute Gasteiger partial charge is 0.497 e. The number of hydrogen-bond donors (Lipinski definition) is 0. The molecule has 1 aromatic carbocycles. The zero-order chi connectivity index (χ0) is 16.8. The van der Waals surface area contributed by atoms with Gasteiger partial charge in [0, 0.05) is 12.0 Å². The van der Waals surface area contributed by atoms with Crippen LogP contribution in [0.1, 0.15) is 44.0 Å². The van der Waals surface area contributed by atoms with Gasteiger partial charge in [-0.1, -0.05) is 0 Å². The van der Waals surface area contributed by atoms with Gasteiger partial charge < -0.3 is 9.47 Å². The van der Waals surface area contributed by atoms with Gasteiger partial charge in [0.05, 0.1) is 19.3 Å². The van der Waals surface area contributed by atoms with E-state index >= 15 is 0 Å². The van der Waals surface area contributed by atoms with Crippen LogP contribution in [0.2, 0.25) is 0 Å². The Bertz CT molecular complexity index is 571. The number of ketones is 1. The molecule has 1 atom stereocenters. The van der Waals surface area contributed by atoms with E-state index in [1.165, 1.54) is 6.92 Å². The first-order valence-corrected chi connectivity index (χ1v) is 7.12. The van der Waals surface area contributed by atoms with E-state index < -0.39 is 11.4 Å². The molecular weight excluding hydrogens is 282 g/mol. The van der Waals surface area contributed by atoms with Crippen LogP contribution in [0.5, 0.6) is 5.75 Å². The fraction of sp³-hybridized carbons (Fsp3) is 0.471. The number of nitrogens with zero attached hydrogens (tertiary/aromatic N) is 1. The molecule has 118 valence electrons. The molecule has 0 unspecified atom stereocenters. The molecule has 0 N–H and O–H groups in total. The van der Waals surface area contributed by atoms with Crippen LogP contribution in [-0.2, 0) is 9.53 Å². The van der Waals surface area contributed by atoms with Crippen LogP contribution < -0.4 is 4.74 Å². The van der Waals surface area contributed by atoms with E-state index in [1.54, 1.807) is 45.2 Å². The third-order valence-corrected chi connectivity index (χ3v) is 3.30. The summed E-state index contributed by atoms with van der Waals surface area (Å²) in [6.07, 6.45) is -0.0683. The second kappa shape index (κ2) is 7.60. The van der Waals surface area contributed by atoms with Gasteiger partial charge in [-0.05, 0) is 51.5 Å². The molecule has 1 aromatic rings. The predicted molar refractivity (Wildman–Crippen MR) is 81.5 cm³/mol. The van der Waals surface area contributed by atoms with Crippen molar-refractivity contribution in [2.45, 2.75) is 39.7 Å². The lowest BCUT2D eigenvalue weighted by molar-refractivity contribution is -0.155. The maximum absolute atomic E-state index is 12.1. The van der Waals surface area contributed by atoms with Crippen molar-refractivity contribution in [1.29, 1.82) is 5.26 Å². The molecule has 22 heavy (non-hydrogen) atoms. The highest BCUT2D eigenvalue weighted by molar-refractivity contribution is 5.96. The molecule has 0 radical (unpaired) electrons. The molecule has 0 bridgehead atoms. The molecule has 5 nitrogen and oxygen atoms in total. The first-order valence-electron chi connectivity index (χ1n) is 7.12. The van der Waals surface area contributed by atoms with Gasteiger partial charge in [-0.15, -0.1) is 0 Å². The molecule has 0 aromatic heterocycles. The third-order valence-electron chi connectivity index (χ3n) is 3.30. The smallest absolute Gasteiger partial charge is 0.326 e. The SMILES string of the molecule is COc1ccc(C(=O)CC[C@](C)(C#N)C(=O)OC(C)C)cc1. The van der Waals surface area contributed by atoms with Crippen molar-refractivity contribution in [3.05, 3.63) is 29.8 Å². The maximum atomic E-state index is 12.1. The standard InChI is InChI=1S/C17H21NO4/c1-12(2)22-16(20)17(3,11-18)10-9-15(19)13-5-7-14(21-4)8-6-13/h5-8,12H,9-10H2,1-4H3/t17-/m1/s1. The summed E-state index contributed by atoms with van der Waals surface area (Å²) in [6, 6.07) is 8.69. The van der Waals surface area contributed by atoms with E-state index in [2.05, 4.69) is 0 Å². The Morgan fingerprint density at radius 1 is 1.27 bits per heavy atom. The van der Waals surface area contributed by atoms with Gasteiger partial charge in [-0.2, -0.15) is 5.26 Å². The van der Waals surface area contributed by atoms with Gasteiger partial charge in [0.1, 0.15) is 5.75 Å². The summed E-state index contributed by atoms with van der Waals surface area (Å²) >= 11 is 0. The van der Waals surface area contributed by atoms with Crippen molar-refractivity contribution >= 4 is 11.8 Å². The lowest BCUT2D eigenvalue weighted by Crippen LogP contribution is -2.31. The number of Topliss-reactive ketones (excluding diaryl/α,β-unsaturated/α-hetero) is 1. The van der Waals surface area contributed by atoms with Crippen LogP contribution in [0.3, 0.4) is 0 Å². The molecule has 0 saturated heterocycles. The summed E-state index contributed by atoms with van der Waals surface area (Å²) in [6.45, 7) is 4.94. The van der Waals surface area contributed by atoms with Crippen LogP contribution in [0.4, 0.5) is 0 Å². The lowest BCUT2D eigenvalue weighted by atomic mass is 9.85. The second-order valence-corrected chi connectivity index (χ2v) is 5.55. The highest BCUT2D eigenvalue weighted by atomic mass is 16.5. The fourth-order valence-corrected chi connectivity index (χ4v) is 1.83. The van der Waals surface area contributed by atoms with Crippen LogP contribution in [0, 0.1) is 16.7 Å². The Kier molecular flexibility index (Phi) is 6.11. The molecule has 1 rings (SSSR count). The summed E-state index contributed by atoms with van der Waals surface area (Å²) in [4.78, 5) is 24.1. The Balaban J connectivity index is 2.71. The summed E-state index contributed by atoms with van der Waals surface area (Å²) in [5, 5.41) is 9.24. The number of carbonyl (C=O) groups is 2. The van der Waals surface area contributed by atoms with Crippen LogP contribution in [0.25, 0.3) is 0 Å². The number of carbonyl (C=O) groups excluding carboxylic acids is 2. The van der Waals surface area contributed by atoms with Crippen molar-refractivity contribution in [2.75, 3.05) is 7.11 Å². The number of ether oxygens (including phenoxy) is 2. The van der Waals surface area contributed by atoms with Crippen molar-refractivity contribution in [3.63, 3.8) is 0 Å². The molecule has 0 aliphatic rings. The number of rotatable bonds is 7. The minimum absolute atomic E-state index is 0.101. The number of hydrogen-bond acceptors (Lipinski definition) is 5. The molecule has 0 saturated carbocycles. The highest BCUT2D eigenvalue weighted by Gasteiger charge is 2.36. The molecule has 0 heterocycles. The van der Waals surface area contributed by atoms with Gasteiger partial charge in [0.25, 0.3) is 0 Å². The molecule has 0 aliphatic heterocycles. The Hall–Kier alpha value is -2.35. The van der Waals surface area contributed by atoms with E-state index in [0.717, 1.165) is 0 Å².